The molecule has 0 spiro atoms. The second-order valence-electron chi connectivity index (χ2n) is 8.14. The minimum absolute atomic E-state index is 0.317. The van der Waals surface area contributed by atoms with Crippen LogP contribution in [0.25, 0.3) is 30.9 Å². The van der Waals surface area contributed by atoms with Crippen molar-refractivity contribution in [3.05, 3.63) is 54.6 Å². The number of rotatable bonds is 1. The Morgan fingerprint density at radius 2 is 1.46 bits per heavy atom. The Balaban J connectivity index is 1.64. The van der Waals surface area contributed by atoms with E-state index in [0.29, 0.717) is 0 Å². The van der Waals surface area contributed by atoms with Gasteiger partial charge in [-0.15, -0.1) is 11.3 Å². The summed E-state index contributed by atoms with van der Waals surface area (Å²) in [7, 11) is -0.317. The third kappa shape index (κ3) is 2.33. The molecule has 4 heteroatoms. The molecule has 26 heavy (non-hydrogen) atoms. The van der Waals surface area contributed by atoms with Crippen molar-refractivity contribution in [3.63, 3.8) is 0 Å². The first-order valence-electron chi connectivity index (χ1n) is 9.05. The van der Waals surface area contributed by atoms with E-state index in [2.05, 4.69) is 82.3 Å². The highest BCUT2D eigenvalue weighted by Gasteiger charge is 2.51. The number of fused-ring (bicyclic) bond motifs is 4. The predicted octanol–water partition coefficient (Wildman–Crippen LogP) is 5.51. The average molecular weight is 360 g/mol. The van der Waals surface area contributed by atoms with E-state index in [1.54, 1.807) is 0 Å². The van der Waals surface area contributed by atoms with Crippen LogP contribution in [0.2, 0.25) is 0 Å². The van der Waals surface area contributed by atoms with Gasteiger partial charge in [0.15, 0.2) is 0 Å². The Bertz CT molecular complexity index is 1140. The van der Waals surface area contributed by atoms with E-state index < -0.39 is 0 Å². The van der Waals surface area contributed by atoms with Crippen LogP contribution in [-0.2, 0) is 9.31 Å². The lowest BCUT2D eigenvalue weighted by Gasteiger charge is -2.32. The number of thiophene rings is 1. The minimum atomic E-state index is -0.317. The van der Waals surface area contributed by atoms with E-state index in [1.165, 1.54) is 30.9 Å². The molecule has 0 amide bonds. The van der Waals surface area contributed by atoms with Crippen LogP contribution in [0.15, 0.2) is 54.6 Å². The Kier molecular flexibility index (Phi) is 3.34. The minimum Gasteiger partial charge on any atom is -0.399 e. The van der Waals surface area contributed by atoms with Gasteiger partial charge in [-0.25, -0.2) is 0 Å². The summed E-state index contributed by atoms with van der Waals surface area (Å²) >= 11 is 1.85. The van der Waals surface area contributed by atoms with Crippen LogP contribution >= 0.6 is 11.3 Å². The molecule has 1 aliphatic rings. The fourth-order valence-corrected chi connectivity index (χ4v) is 4.75. The third-order valence-electron chi connectivity index (χ3n) is 5.89. The highest BCUT2D eigenvalue weighted by atomic mass is 32.1. The second kappa shape index (κ2) is 5.32. The van der Waals surface area contributed by atoms with E-state index in [1.807, 2.05) is 11.3 Å². The van der Waals surface area contributed by atoms with Crippen molar-refractivity contribution in [2.24, 2.45) is 0 Å². The lowest BCUT2D eigenvalue weighted by atomic mass is 9.78. The summed E-state index contributed by atoms with van der Waals surface area (Å²) in [6.07, 6.45) is 0. The van der Waals surface area contributed by atoms with Gasteiger partial charge in [0.25, 0.3) is 0 Å². The summed E-state index contributed by atoms with van der Waals surface area (Å²) in [4.78, 5) is 0. The maximum absolute atomic E-state index is 6.21. The maximum Gasteiger partial charge on any atom is 0.494 e. The van der Waals surface area contributed by atoms with Gasteiger partial charge < -0.3 is 9.31 Å². The zero-order valence-corrected chi connectivity index (χ0v) is 16.3. The van der Waals surface area contributed by atoms with Crippen LogP contribution in [0.4, 0.5) is 0 Å². The molecule has 1 fully saturated rings. The Morgan fingerprint density at radius 3 is 2.23 bits per heavy atom. The van der Waals surface area contributed by atoms with Crippen LogP contribution in [0.5, 0.6) is 0 Å². The van der Waals surface area contributed by atoms with Gasteiger partial charge in [-0.2, -0.15) is 0 Å². The van der Waals surface area contributed by atoms with Gasteiger partial charge in [0.1, 0.15) is 0 Å². The highest BCUT2D eigenvalue weighted by molar-refractivity contribution is 7.25. The molecule has 130 valence electrons. The van der Waals surface area contributed by atoms with Gasteiger partial charge in [-0.05, 0) is 62.1 Å². The molecule has 5 rings (SSSR count). The van der Waals surface area contributed by atoms with E-state index >= 15 is 0 Å². The molecular weight excluding hydrogens is 339 g/mol. The largest absolute Gasteiger partial charge is 0.494 e. The van der Waals surface area contributed by atoms with Gasteiger partial charge in [-0.1, -0.05) is 36.4 Å². The monoisotopic (exact) mass is 360 g/mol. The van der Waals surface area contributed by atoms with E-state index in [9.17, 15) is 0 Å². The third-order valence-corrected chi connectivity index (χ3v) is 7.02. The molecule has 0 saturated carbocycles. The van der Waals surface area contributed by atoms with Crippen LogP contribution in [0.3, 0.4) is 0 Å². The van der Waals surface area contributed by atoms with Crippen LogP contribution < -0.4 is 5.46 Å². The van der Waals surface area contributed by atoms with Crippen LogP contribution in [0, 0.1) is 0 Å². The van der Waals surface area contributed by atoms with Crippen molar-refractivity contribution in [1.29, 1.82) is 0 Å². The smallest absolute Gasteiger partial charge is 0.399 e. The zero-order valence-electron chi connectivity index (χ0n) is 15.5. The van der Waals surface area contributed by atoms with Crippen LogP contribution in [0.1, 0.15) is 27.7 Å². The maximum atomic E-state index is 6.21. The van der Waals surface area contributed by atoms with Crippen molar-refractivity contribution in [1.82, 2.24) is 0 Å². The summed E-state index contributed by atoms with van der Waals surface area (Å²) in [5.41, 5.74) is 0.445. The molecule has 4 aromatic rings. The Labute approximate surface area is 157 Å². The van der Waals surface area contributed by atoms with Crippen molar-refractivity contribution >= 4 is 54.9 Å². The lowest BCUT2D eigenvalue weighted by Crippen LogP contribution is -2.41. The Morgan fingerprint density at radius 1 is 0.731 bits per heavy atom. The molecule has 0 unspecified atom stereocenters. The Hall–Kier alpha value is -1.88. The first-order chi connectivity index (χ1) is 12.3. The SMILES string of the molecule is CC1(C)OB(c2ccc3cc4c(cc3c2)sc2ccccc24)OC1(C)C. The first kappa shape index (κ1) is 16.3. The van der Waals surface area contributed by atoms with E-state index in [4.69, 9.17) is 9.31 Å². The molecule has 2 heterocycles. The van der Waals surface area contributed by atoms with Gasteiger partial charge in [0.05, 0.1) is 11.2 Å². The molecule has 0 atom stereocenters. The molecule has 0 N–H and O–H groups in total. The van der Waals surface area contributed by atoms with Crippen molar-refractivity contribution in [3.8, 4) is 0 Å². The van der Waals surface area contributed by atoms with Crippen molar-refractivity contribution in [2.75, 3.05) is 0 Å². The zero-order chi connectivity index (χ0) is 18.1. The summed E-state index contributed by atoms with van der Waals surface area (Å²) in [6.45, 7) is 8.37. The fraction of sp³-hybridized carbons (Fsp3) is 0.273. The van der Waals surface area contributed by atoms with Gasteiger partial charge in [0.2, 0.25) is 0 Å². The van der Waals surface area contributed by atoms with Crippen molar-refractivity contribution < 1.29 is 9.31 Å². The quantitative estimate of drug-likeness (QED) is 0.417. The average Bonchev–Trinajstić information content (AvgIpc) is 3.05. The summed E-state index contributed by atoms with van der Waals surface area (Å²) in [5.74, 6) is 0. The highest BCUT2D eigenvalue weighted by Crippen LogP contribution is 2.38. The molecule has 2 nitrogen and oxygen atoms in total. The van der Waals surface area contributed by atoms with Gasteiger partial charge >= 0.3 is 7.12 Å². The normalized spacial score (nSPS) is 19.0. The number of benzene rings is 3. The molecule has 0 radical (unpaired) electrons. The molecule has 1 saturated heterocycles. The second-order valence-corrected chi connectivity index (χ2v) is 9.23. The van der Waals surface area contributed by atoms with Gasteiger partial charge in [0, 0.05) is 20.2 Å². The summed E-state index contributed by atoms with van der Waals surface area (Å²) in [5, 5.41) is 5.16. The topological polar surface area (TPSA) is 18.5 Å². The van der Waals surface area contributed by atoms with E-state index in [0.717, 1.165) is 5.46 Å². The standard InChI is InChI=1S/C22H21BO2S/c1-21(2)22(3,4)25-23(24-21)16-10-9-14-12-18-17-7-5-6-8-19(17)26-20(18)13-15(14)11-16/h5-13H,1-4H3. The fourth-order valence-electron chi connectivity index (χ4n) is 3.61. The molecule has 0 aliphatic carbocycles. The van der Waals surface area contributed by atoms with Crippen LogP contribution in [-0.4, -0.2) is 18.3 Å². The number of hydrogen-bond acceptors (Lipinski definition) is 3. The molecule has 1 aromatic heterocycles. The first-order valence-corrected chi connectivity index (χ1v) is 9.86. The van der Waals surface area contributed by atoms with Crippen molar-refractivity contribution in [2.45, 2.75) is 38.9 Å². The number of hydrogen-bond donors (Lipinski definition) is 0. The molecule has 1 aliphatic heterocycles. The summed E-state index contributed by atoms with van der Waals surface area (Å²) in [6, 6.07) is 19.7. The van der Waals surface area contributed by atoms with E-state index in [-0.39, 0.29) is 18.3 Å². The lowest BCUT2D eigenvalue weighted by molar-refractivity contribution is 0.00578. The molecule has 3 aromatic carbocycles. The van der Waals surface area contributed by atoms with Gasteiger partial charge in [-0.3, -0.25) is 0 Å². The molecule has 0 bridgehead atoms. The predicted molar refractivity (Wildman–Crippen MR) is 113 cm³/mol. The molecular formula is C22H21BO2S. The summed E-state index contributed by atoms with van der Waals surface area (Å²) < 4.78 is 15.1.